The predicted octanol–water partition coefficient (Wildman–Crippen LogP) is 3.72. The molecule has 0 bridgehead atoms. The molecule has 1 aromatic heterocycles. The molecular weight excluding hydrogens is 379 g/mol. The number of nitrogens with zero attached hydrogens (tertiary/aromatic N) is 3. The van der Waals surface area contributed by atoms with Crippen LogP contribution in [0.5, 0.6) is 0 Å². The number of aromatic nitrogens is 3. The van der Waals surface area contributed by atoms with E-state index in [4.69, 9.17) is 17.0 Å². The van der Waals surface area contributed by atoms with Crippen molar-refractivity contribution >= 4 is 18.2 Å². The number of hydrogen-bond acceptors (Lipinski definition) is 4. The first-order valence-electron chi connectivity index (χ1n) is 8.82. The zero-order chi connectivity index (χ0) is 19.9. The second-order valence-electron chi connectivity index (χ2n) is 6.75. The normalized spacial score (nSPS) is 20.8. The molecule has 6 nitrogen and oxygen atoms in total. The number of amides is 1. The van der Waals surface area contributed by atoms with E-state index in [9.17, 15) is 9.18 Å². The van der Waals surface area contributed by atoms with Gasteiger partial charge in [0.25, 0.3) is 0 Å². The molecule has 8 heteroatoms. The summed E-state index contributed by atoms with van der Waals surface area (Å²) in [5.41, 5.74) is 2.26. The highest BCUT2D eigenvalue weighted by Crippen LogP contribution is 2.58. The van der Waals surface area contributed by atoms with Gasteiger partial charge in [-0.15, -0.1) is 0 Å². The maximum absolute atomic E-state index is 13.5. The monoisotopic (exact) mass is 398 g/mol. The van der Waals surface area contributed by atoms with Crippen molar-refractivity contribution in [3.63, 3.8) is 0 Å². The molecule has 0 saturated carbocycles. The summed E-state index contributed by atoms with van der Waals surface area (Å²) < 4.78 is 22.8. The molecule has 0 radical (unpaired) electrons. The molecule has 1 fully saturated rings. The average molecular weight is 398 g/mol. The Hall–Kier alpha value is -2.84. The zero-order valence-electron chi connectivity index (χ0n) is 15.4. The van der Waals surface area contributed by atoms with Gasteiger partial charge in [-0.2, -0.15) is 5.10 Å². The van der Waals surface area contributed by atoms with Crippen molar-refractivity contribution < 1.29 is 13.9 Å². The average Bonchev–Trinajstić information content (AvgIpc) is 3.31. The number of nitrogens with one attached hydrogen (secondary N) is 1. The van der Waals surface area contributed by atoms with Gasteiger partial charge in [0.2, 0.25) is 4.77 Å². The quantitative estimate of drug-likeness (QED) is 0.537. The van der Waals surface area contributed by atoms with E-state index in [0.717, 1.165) is 16.7 Å². The molecule has 28 heavy (non-hydrogen) atoms. The van der Waals surface area contributed by atoms with Crippen LogP contribution in [0.3, 0.4) is 0 Å². The van der Waals surface area contributed by atoms with E-state index < -0.39 is 5.60 Å². The van der Waals surface area contributed by atoms with Gasteiger partial charge >= 0.3 is 6.03 Å². The number of carbonyl (C=O) groups excluding carboxylic acids is 1. The number of ether oxygens (including phenoxy) is 1. The Kier molecular flexibility index (Phi) is 4.60. The van der Waals surface area contributed by atoms with Gasteiger partial charge in [0, 0.05) is 7.05 Å². The Morgan fingerprint density at radius 2 is 2.00 bits per heavy atom. The fraction of sp³-hybridized carbons (Fsp3) is 0.250. The molecule has 1 aliphatic heterocycles. The number of benzene rings is 2. The van der Waals surface area contributed by atoms with Gasteiger partial charge in [-0.1, -0.05) is 36.4 Å². The molecule has 144 valence electrons. The minimum absolute atomic E-state index is 0.216. The van der Waals surface area contributed by atoms with Crippen molar-refractivity contribution in [2.24, 2.45) is 0 Å². The van der Waals surface area contributed by atoms with Crippen molar-refractivity contribution in [2.75, 3.05) is 7.05 Å². The van der Waals surface area contributed by atoms with E-state index in [0.29, 0.717) is 6.54 Å². The van der Waals surface area contributed by atoms with E-state index >= 15 is 0 Å². The summed E-state index contributed by atoms with van der Waals surface area (Å²) in [6.45, 7) is 2.33. The third kappa shape index (κ3) is 3.04. The summed E-state index contributed by atoms with van der Waals surface area (Å²) in [6.07, 6.45) is 1.16. The molecule has 2 atom stereocenters. The summed E-state index contributed by atoms with van der Waals surface area (Å²) in [5.74, 6) is -0.313. The van der Waals surface area contributed by atoms with Gasteiger partial charge in [0.1, 0.15) is 23.8 Å². The minimum atomic E-state index is -0.736. The van der Waals surface area contributed by atoms with Gasteiger partial charge in [0.15, 0.2) is 0 Å². The van der Waals surface area contributed by atoms with E-state index in [2.05, 4.69) is 10.4 Å². The SMILES string of the molecule is CNC(=O)n1cnn(CC2(c3ccc(F)cc3)OC2c2ccccc2C)c1=S. The summed E-state index contributed by atoms with van der Waals surface area (Å²) >= 11 is 5.40. The number of aryl methyl sites for hydroxylation is 1. The Bertz CT molecular complexity index is 1090. The number of halogens is 1. The highest BCUT2D eigenvalue weighted by atomic mass is 32.1. The number of hydrogen-bond donors (Lipinski definition) is 1. The van der Waals surface area contributed by atoms with Crippen molar-refractivity contribution in [3.05, 3.63) is 82.1 Å². The van der Waals surface area contributed by atoms with Crippen LogP contribution in [0.4, 0.5) is 9.18 Å². The summed E-state index contributed by atoms with van der Waals surface area (Å²) in [4.78, 5) is 11.9. The zero-order valence-corrected chi connectivity index (χ0v) is 16.2. The van der Waals surface area contributed by atoms with Gasteiger partial charge in [-0.25, -0.2) is 18.4 Å². The molecule has 2 heterocycles. The fourth-order valence-electron chi connectivity index (χ4n) is 3.46. The predicted molar refractivity (Wildman–Crippen MR) is 104 cm³/mol. The molecule has 1 amide bonds. The van der Waals surface area contributed by atoms with Crippen LogP contribution in [0.2, 0.25) is 0 Å². The van der Waals surface area contributed by atoms with Crippen LogP contribution in [-0.2, 0) is 16.9 Å². The molecular formula is C20H19FN4O2S. The van der Waals surface area contributed by atoms with Crippen molar-refractivity contribution in [1.29, 1.82) is 0 Å². The third-order valence-corrected chi connectivity index (χ3v) is 5.46. The second kappa shape index (κ2) is 6.96. The van der Waals surface area contributed by atoms with Crippen molar-refractivity contribution in [1.82, 2.24) is 19.7 Å². The Labute approximate surface area is 166 Å². The molecule has 4 rings (SSSR count). The summed E-state index contributed by atoms with van der Waals surface area (Å²) in [5, 5.41) is 6.79. The maximum atomic E-state index is 13.5. The van der Waals surface area contributed by atoms with Crippen LogP contribution in [0.15, 0.2) is 54.9 Å². The molecule has 1 aliphatic rings. The topological polar surface area (TPSA) is 64.4 Å². The molecule has 2 aromatic carbocycles. The lowest BCUT2D eigenvalue weighted by atomic mass is 9.90. The van der Waals surface area contributed by atoms with Crippen molar-refractivity contribution in [3.8, 4) is 0 Å². The fourth-order valence-corrected chi connectivity index (χ4v) is 3.70. The van der Waals surface area contributed by atoms with E-state index in [1.165, 1.54) is 30.1 Å². The Morgan fingerprint density at radius 1 is 1.29 bits per heavy atom. The number of carbonyl (C=O) groups is 1. The first-order chi connectivity index (χ1) is 13.5. The maximum Gasteiger partial charge on any atom is 0.328 e. The lowest BCUT2D eigenvalue weighted by molar-refractivity contribution is 0.243. The van der Waals surface area contributed by atoms with Crippen LogP contribution in [-0.4, -0.2) is 27.4 Å². The van der Waals surface area contributed by atoms with E-state index in [1.54, 1.807) is 16.8 Å². The van der Waals surface area contributed by atoms with Gasteiger partial charge in [-0.05, 0) is 48.0 Å². The lowest BCUT2D eigenvalue weighted by Crippen LogP contribution is -2.25. The molecule has 0 spiro atoms. The molecule has 2 unspecified atom stereocenters. The second-order valence-corrected chi connectivity index (χ2v) is 7.11. The van der Waals surface area contributed by atoms with Gasteiger partial charge in [0.05, 0.1) is 6.54 Å². The Balaban J connectivity index is 1.75. The lowest BCUT2D eigenvalue weighted by Gasteiger charge is -2.15. The standard InChI is InChI=1S/C20H19FN4O2S/c1-13-5-3-4-6-16(13)17-20(27-17,14-7-9-15(21)10-8-14)11-25-19(28)24(12-23-25)18(26)22-2/h3-10,12,17H,11H2,1-2H3,(H,22,26). The van der Waals surface area contributed by atoms with Gasteiger partial charge in [-0.3, -0.25) is 0 Å². The third-order valence-electron chi connectivity index (χ3n) is 5.05. The van der Waals surface area contributed by atoms with E-state index in [-0.39, 0.29) is 22.7 Å². The number of rotatable bonds is 4. The molecule has 3 aromatic rings. The van der Waals surface area contributed by atoms with Crippen LogP contribution in [0.1, 0.15) is 22.8 Å². The van der Waals surface area contributed by atoms with E-state index in [1.807, 2.05) is 31.2 Å². The number of epoxide rings is 1. The van der Waals surface area contributed by atoms with Crippen LogP contribution in [0, 0.1) is 17.5 Å². The smallest absolute Gasteiger partial charge is 0.328 e. The first-order valence-corrected chi connectivity index (χ1v) is 9.23. The van der Waals surface area contributed by atoms with Crippen LogP contribution < -0.4 is 5.32 Å². The summed E-state index contributed by atoms with van der Waals surface area (Å²) in [7, 11) is 1.53. The minimum Gasteiger partial charge on any atom is -0.354 e. The van der Waals surface area contributed by atoms with Crippen LogP contribution >= 0.6 is 12.2 Å². The van der Waals surface area contributed by atoms with Crippen molar-refractivity contribution in [2.45, 2.75) is 25.2 Å². The largest absolute Gasteiger partial charge is 0.354 e. The summed E-state index contributed by atoms with van der Waals surface area (Å²) in [6, 6.07) is 13.9. The molecule has 0 aliphatic carbocycles. The van der Waals surface area contributed by atoms with Gasteiger partial charge < -0.3 is 10.1 Å². The molecule has 1 saturated heterocycles. The Morgan fingerprint density at radius 3 is 2.68 bits per heavy atom. The highest BCUT2D eigenvalue weighted by Gasteiger charge is 2.59. The molecule has 1 N–H and O–H groups in total. The van der Waals surface area contributed by atoms with Crippen LogP contribution in [0.25, 0.3) is 0 Å². The highest BCUT2D eigenvalue weighted by molar-refractivity contribution is 7.71. The first kappa shape index (κ1) is 18.5.